The Bertz CT molecular complexity index is 814. The Kier molecular flexibility index (Phi) is 3.33. The van der Waals surface area contributed by atoms with Crippen molar-refractivity contribution in [3.8, 4) is 0 Å². The SMILES string of the molecule is CC1(C)COC(c2cccc(C3=CCCc4ccccc43)c2)=N1. The van der Waals surface area contributed by atoms with Crippen LogP contribution in [0, 0.1) is 0 Å². The lowest BCUT2D eigenvalue weighted by atomic mass is 9.86. The van der Waals surface area contributed by atoms with E-state index in [4.69, 9.17) is 9.73 Å². The quantitative estimate of drug-likeness (QED) is 0.793. The molecule has 2 aromatic carbocycles. The van der Waals surface area contributed by atoms with E-state index in [9.17, 15) is 0 Å². The van der Waals surface area contributed by atoms with Gasteiger partial charge in [-0.25, -0.2) is 4.99 Å². The number of benzene rings is 2. The Morgan fingerprint density at radius 1 is 1.00 bits per heavy atom. The molecule has 0 bridgehead atoms. The lowest BCUT2D eigenvalue weighted by Crippen LogP contribution is -2.17. The Labute approximate surface area is 137 Å². The second kappa shape index (κ2) is 5.38. The minimum Gasteiger partial charge on any atom is -0.475 e. The van der Waals surface area contributed by atoms with Crippen molar-refractivity contribution >= 4 is 11.5 Å². The molecule has 2 heteroatoms. The monoisotopic (exact) mass is 303 g/mol. The highest BCUT2D eigenvalue weighted by Crippen LogP contribution is 2.32. The smallest absolute Gasteiger partial charge is 0.216 e. The molecule has 0 saturated carbocycles. The summed E-state index contributed by atoms with van der Waals surface area (Å²) in [5, 5.41) is 0. The lowest BCUT2D eigenvalue weighted by Gasteiger charge is -2.18. The van der Waals surface area contributed by atoms with E-state index in [-0.39, 0.29) is 5.54 Å². The van der Waals surface area contributed by atoms with Gasteiger partial charge in [0.05, 0.1) is 5.54 Å². The van der Waals surface area contributed by atoms with Gasteiger partial charge in [-0.1, -0.05) is 42.5 Å². The molecule has 0 aromatic heterocycles. The number of allylic oxidation sites excluding steroid dienone is 1. The van der Waals surface area contributed by atoms with E-state index < -0.39 is 0 Å². The molecular weight excluding hydrogens is 282 g/mol. The van der Waals surface area contributed by atoms with Crippen LogP contribution in [-0.2, 0) is 11.2 Å². The van der Waals surface area contributed by atoms with Crippen LogP contribution < -0.4 is 0 Å². The third-order valence-corrected chi connectivity index (χ3v) is 4.46. The molecule has 0 radical (unpaired) electrons. The van der Waals surface area contributed by atoms with Crippen molar-refractivity contribution in [3.63, 3.8) is 0 Å². The molecule has 1 aliphatic carbocycles. The number of nitrogens with zero attached hydrogens (tertiary/aromatic N) is 1. The van der Waals surface area contributed by atoms with Gasteiger partial charge in [0.25, 0.3) is 0 Å². The molecule has 0 fully saturated rings. The lowest BCUT2D eigenvalue weighted by molar-refractivity contribution is 0.279. The minimum absolute atomic E-state index is 0.123. The summed E-state index contributed by atoms with van der Waals surface area (Å²) in [7, 11) is 0. The van der Waals surface area contributed by atoms with Crippen LogP contribution in [0.4, 0.5) is 0 Å². The van der Waals surface area contributed by atoms with Crippen molar-refractivity contribution in [1.29, 1.82) is 0 Å². The summed E-state index contributed by atoms with van der Waals surface area (Å²) in [5.41, 5.74) is 6.30. The van der Waals surface area contributed by atoms with Gasteiger partial charge in [0.15, 0.2) is 0 Å². The zero-order chi connectivity index (χ0) is 15.9. The number of rotatable bonds is 2. The van der Waals surface area contributed by atoms with Crippen molar-refractivity contribution < 1.29 is 4.74 Å². The molecule has 2 aromatic rings. The Morgan fingerprint density at radius 3 is 2.65 bits per heavy atom. The maximum absolute atomic E-state index is 5.80. The summed E-state index contributed by atoms with van der Waals surface area (Å²) in [4.78, 5) is 4.70. The van der Waals surface area contributed by atoms with Crippen molar-refractivity contribution in [1.82, 2.24) is 0 Å². The molecule has 2 nitrogen and oxygen atoms in total. The minimum atomic E-state index is -0.123. The highest BCUT2D eigenvalue weighted by Gasteiger charge is 2.27. The van der Waals surface area contributed by atoms with Gasteiger partial charge in [0, 0.05) is 5.56 Å². The molecular formula is C21H21NO. The zero-order valence-corrected chi connectivity index (χ0v) is 13.7. The third kappa shape index (κ3) is 2.70. The summed E-state index contributed by atoms with van der Waals surface area (Å²) in [6.07, 6.45) is 4.58. The molecule has 1 aliphatic heterocycles. The molecule has 4 rings (SSSR count). The van der Waals surface area contributed by atoms with Crippen LogP contribution in [0.2, 0.25) is 0 Å². The molecule has 1 heterocycles. The summed E-state index contributed by atoms with van der Waals surface area (Å²) in [5.74, 6) is 0.765. The van der Waals surface area contributed by atoms with Gasteiger partial charge in [0.1, 0.15) is 6.61 Å². The normalized spacial score (nSPS) is 18.7. The fourth-order valence-corrected chi connectivity index (χ4v) is 3.31. The molecule has 2 aliphatic rings. The van der Waals surface area contributed by atoms with Crippen molar-refractivity contribution in [2.24, 2.45) is 4.99 Å². The van der Waals surface area contributed by atoms with E-state index in [2.05, 4.69) is 68.5 Å². The summed E-state index contributed by atoms with van der Waals surface area (Å²) in [6.45, 7) is 4.85. The fraction of sp³-hybridized carbons (Fsp3) is 0.286. The van der Waals surface area contributed by atoms with E-state index in [1.165, 1.54) is 22.3 Å². The molecule has 23 heavy (non-hydrogen) atoms. The summed E-state index contributed by atoms with van der Waals surface area (Å²) in [6, 6.07) is 17.3. The molecule has 0 N–H and O–H groups in total. The first kappa shape index (κ1) is 14.3. The van der Waals surface area contributed by atoms with Crippen molar-refractivity contribution in [3.05, 3.63) is 76.9 Å². The van der Waals surface area contributed by atoms with Crippen molar-refractivity contribution in [2.75, 3.05) is 6.61 Å². The highest BCUT2D eigenvalue weighted by molar-refractivity contribution is 5.97. The van der Waals surface area contributed by atoms with Crippen LogP contribution in [0.15, 0.2) is 59.6 Å². The Morgan fingerprint density at radius 2 is 1.83 bits per heavy atom. The van der Waals surface area contributed by atoms with Gasteiger partial charge in [-0.2, -0.15) is 0 Å². The number of hydrogen-bond acceptors (Lipinski definition) is 2. The molecule has 0 saturated heterocycles. The summed E-state index contributed by atoms with van der Waals surface area (Å²) >= 11 is 0. The van der Waals surface area contributed by atoms with Gasteiger partial charge in [-0.05, 0) is 61.1 Å². The van der Waals surface area contributed by atoms with Crippen LogP contribution in [0.25, 0.3) is 5.57 Å². The molecule has 0 spiro atoms. The Hall–Kier alpha value is -2.35. The first-order chi connectivity index (χ1) is 11.1. The predicted molar refractivity (Wildman–Crippen MR) is 94.9 cm³/mol. The average molecular weight is 303 g/mol. The van der Waals surface area contributed by atoms with Crippen LogP contribution in [0.5, 0.6) is 0 Å². The van der Waals surface area contributed by atoms with Gasteiger partial charge in [-0.15, -0.1) is 0 Å². The molecule has 0 unspecified atom stereocenters. The highest BCUT2D eigenvalue weighted by atomic mass is 16.5. The predicted octanol–water partition coefficient (Wildman–Crippen LogP) is 4.62. The van der Waals surface area contributed by atoms with Gasteiger partial charge in [0.2, 0.25) is 5.90 Å². The van der Waals surface area contributed by atoms with E-state index in [1.807, 2.05) is 0 Å². The number of aliphatic imine (C=N–C) groups is 1. The van der Waals surface area contributed by atoms with Crippen LogP contribution >= 0.6 is 0 Å². The van der Waals surface area contributed by atoms with Gasteiger partial charge < -0.3 is 4.74 Å². The standard InChI is InChI=1S/C21H21NO/c1-21(2)14-23-20(22-21)17-10-5-9-16(13-17)19-12-6-8-15-7-3-4-11-18(15)19/h3-5,7,9-13H,6,8,14H2,1-2H3. The van der Waals surface area contributed by atoms with Gasteiger partial charge >= 0.3 is 0 Å². The number of ether oxygens (including phenoxy) is 1. The zero-order valence-electron chi connectivity index (χ0n) is 13.7. The van der Waals surface area contributed by atoms with E-state index >= 15 is 0 Å². The average Bonchev–Trinajstić information content (AvgIpc) is 2.94. The first-order valence-corrected chi connectivity index (χ1v) is 8.24. The molecule has 116 valence electrons. The van der Waals surface area contributed by atoms with Crippen LogP contribution in [-0.4, -0.2) is 18.0 Å². The fourth-order valence-electron chi connectivity index (χ4n) is 3.31. The number of fused-ring (bicyclic) bond motifs is 1. The van der Waals surface area contributed by atoms with E-state index in [0.717, 1.165) is 24.3 Å². The van der Waals surface area contributed by atoms with E-state index in [1.54, 1.807) is 0 Å². The Balaban J connectivity index is 1.74. The van der Waals surface area contributed by atoms with Gasteiger partial charge in [-0.3, -0.25) is 0 Å². The second-order valence-corrected chi connectivity index (χ2v) is 6.91. The van der Waals surface area contributed by atoms with Crippen LogP contribution in [0.3, 0.4) is 0 Å². The maximum Gasteiger partial charge on any atom is 0.216 e. The van der Waals surface area contributed by atoms with E-state index in [0.29, 0.717) is 6.61 Å². The topological polar surface area (TPSA) is 21.6 Å². The second-order valence-electron chi connectivity index (χ2n) is 6.91. The number of hydrogen-bond donors (Lipinski definition) is 0. The molecule has 0 atom stereocenters. The third-order valence-electron chi connectivity index (χ3n) is 4.46. The summed E-state index contributed by atoms with van der Waals surface area (Å²) < 4.78 is 5.80. The van der Waals surface area contributed by atoms with Crippen molar-refractivity contribution in [2.45, 2.75) is 32.2 Å². The number of aryl methyl sites for hydroxylation is 1. The van der Waals surface area contributed by atoms with Crippen LogP contribution in [0.1, 0.15) is 42.5 Å². The maximum atomic E-state index is 5.80. The first-order valence-electron chi connectivity index (χ1n) is 8.24. The molecule has 0 amide bonds. The largest absolute Gasteiger partial charge is 0.475 e.